The normalized spacial score (nSPS) is 29.7. The topological polar surface area (TPSA) is 106 Å². The number of pyridine rings is 1. The number of hydrogen-bond donors (Lipinski definition) is 3. The molecule has 0 spiro atoms. The lowest BCUT2D eigenvalue weighted by molar-refractivity contribution is -0.135. The van der Waals surface area contributed by atoms with Crippen LogP contribution in [0, 0.1) is 5.92 Å². The summed E-state index contributed by atoms with van der Waals surface area (Å²) < 4.78 is 1.64. The third-order valence-electron chi connectivity index (χ3n) is 6.11. The molecule has 1 saturated carbocycles. The highest BCUT2D eigenvalue weighted by Crippen LogP contribution is 2.39. The molecule has 25 heavy (non-hydrogen) atoms. The van der Waals surface area contributed by atoms with E-state index < -0.39 is 17.5 Å². The van der Waals surface area contributed by atoms with E-state index in [-0.39, 0.29) is 23.3 Å². The van der Waals surface area contributed by atoms with Crippen molar-refractivity contribution in [3.8, 4) is 0 Å². The maximum absolute atomic E-state index is 13.2. The SMILES string of the molecule is NC(=O)C1(NC(=O)[C@H]2[C@@H]3CNC[C@@H](C3)c3cccc(=O)n32)CCCC1. The van der Waals surface area contributed by atoms with E-state index in [4.69, 9.17) is 5.73 Å². The number of piperidine rings is 1. The molecule has 2 aliphatic heterocycles. The van der Waals surface area contributed by atoms with Crippen molar-refractivity contribution in [1.82, 2.24) is 15.2 Å². The van der Waals surface area contributed by atoms with Crippen LogP contribution in [-0.4, -0.2) is 35.0 Å². The van der Waals surface area contributed by atoms with Gasteiger partial charge in [-0.1, -0.05) is 18.9 Å². The first-order valence-corrected chi connectivity index (χ1v) is 9.06. The summed E-state index contributed by atoms with van der Waals surface area (Å²) in [5.74, 6) is -0.456. The lowest BCUT2D eigenvalue weighted by atomic mass is 9.78. The highest BCUT2D eigenvalue weighted by atomic mass is 16.2. The molecule has 1 saturated heterocycles. The van der Waals surface area contributed by atoms with E-state index in [1.165, 1.54) is 6.07 Å². The van der Waals surface area contributed by atoms with Gasteiger partial charge in [-0.25, -0.2) is 0 Å². The van der Waals surface area contributed by atoms with Crippen molar-refractivity contribution in [2.45, 2.75) is 49.6 Å². The van der Waals surface area contributed by atoms with Crippen molar-refractivity contribution in [3.63, 3.8) is 0 Å². The maximum atomic E-state index is 13.2. The van der Waals surface area contributed by atoms with Gasteiger partial charge >= 0.3 is 0 Å². The maximum Gasteiger partial charge on any atom is 0.251 e. The van der Waals surface area contributed by atoms with Gasteiger partial charge in [-0.2, -0.15) is 0 Å². The molecule has 134 valence electrons. The molecule has 4 rings (SSSR count). The van der Waals surface area contributed by atoms with Crippen LogP contribution < -0.4 is 21.9 Å². The van der Waals surface area contributed by atoms with Gasteiger partial charge in [0.15, 0.2) is 0 Å². The molecule has 1 aromatic heterocycles. The minimum absolute atomic E-state index is 0.0395. The van der Waals surface area contributed by atoms with E-state index in [0.29, 0.717) is 19.4 Å². The fraction of sp³-hybridized carbons (Fsp3) is 0.611. The minimum atomic E-state index is -0.964. The molecule has 2 fully saturated rings. The second-order valence-corrected chi connectivity index (χ2v) is 7.60. The molecule has 1 aliphatic carbocycles. The van der Waals surface area contributed by atoms with Crippen LogP contribution in [-0.2, 0) is 9.59 Å². The van der Waals surface area contributed by atoms with Crippen molar-refractivity contribution in [1.29, 1.82) is 0 Å². The van der Waals surface area contributed by atoms with Gasteiger partial charge in [-0.05, 0) is 25.3 Å². The molecule has 0 radical (unpaired) electrons. The summed E-state index contributed by atoms with van der Waals surface area (Å²) in [7, 11) is 0. The van der Waals surface area contributed by atoms with Crippen LogP contribution in [0.25, 0.3) is 0 Å². The molecule has 4 N–H and O–H groups in total. The standard InChI is InChI=1S/C18H24N4O3/c19-17(25)18(6-1-2-7-18)21-16(24)15-12-8-11(9-20-10-12)13-4-3-5-14(23)22(13)15/h3-5,11-12,15,20H,1-2,6-10H2,(H2,19,25)(H,21,24)/t11-,12+,15-/m1/s1. The van der Waals surface area contributed by atoms with Crippen LogP contribution in [0.2, 0.25) is 0 Å². The van der Waals surface area contributed by atoms with Gasteiger partial charge < -0.3 is 16.4 Å². The number of nitrogens with two attached hydrogens (primary N) is 1. The van der Waals surface area contributed by atoms with Gasteiger partial charge in [0.1, 0.15) is 11.6 Å². The summed E-state index contributed by atoms with van der Waals surface area (Å²) in [5.41, 5.74) is 5.38. The lowest BCUT2D eigenvalue weighted by Gasteiger charge is -2.43. The predicted octanol–water partition coefficient (Wildman–Crippen LogP) is 0.0104. The molecular formula is C18H24N4O3. The van der Waals surface area contributed by atoms with Gasteiger partial charge in [0.05, 0.1) is 0 Å². The molecule has 3 atom stereocenters. The Kier molecular flexibility index (Phi) is 3.91. The first-order chi connectivity index (χ1) is 12.0. The Labute approximate surface area is 146 Å². The Morgan fingerprint density at radius 2 is 2.00 bits per heavy atom. The number of rotatable bonds is 3. The van der Waals surface area contributed by atoms with E-state index in [1.54, 1.807) is 10.6 Å². The van der Waals surface area contributed by atoms with Crippen molar-refractivity contribution < 1.29 is 9.59 Å². The first-order valence-electron chi connectivity index (χ1n) is 9.06. The molecular weight excluding hydrogens is 320 g/mol. The Balaban J connectivity index is 1.72. The number of fused-ring (bicyclic) bond motifs is 4. The molecule has 1 aromatic rings. The molecule has 3 aliphatic rings. The van der Waals surface area contributed by atoms with Crippen LogP contribution in [0.1, 0.15) is 49.8 Å². The summed E-state index contributed by atoms with van der Waals surface area (Å²) in [5, 5.41) is 6.30. The number of carbonyl (C=O) groups excluding carboxylic acids is 2. The number of hydrogen-bond acceptors (Lipinski definition) is 4. The minimum Gasteiger partial charge on any atom is -0.368 e. The van der Waals surface area contributed by atoms with Gasteiger partial charge in [-0.3, -0.25) is 19.0 Å². The van der Waals surface area contributed by atoms with Gasteiger partial charge in [-0.15, -0.1) is 0 Å². The zero-order valence-electron chi connectivity index (χ0n) is 14.2. The van der Waals surface area contributed by atoms with Crippen molar-refractivity contribution in [3.05, 3.63) is 34.2 Å². The molecule has 3 heterocycles. The monoisotopic (exact) mass is 344 g/mol. The Hall–Kier alpha value is -2.15. The third-order valence-corrected chi connectivity index (χ3v) is 6.11. The Morgan fingerprint density at radius 1 is 1.24 bits per heavy atom. The van der Waals surface area contributed by atoms with E-state index in [1.807, 2.05) is 6.07 Å². The number of nitrogens with zero attached hydrogens (tertiary/aromatic N) is 1. The molecule has 0 unspecified atom stereocenters. The fourth-order valence-electron chi connectivity index (χ4n) is 4.85. The fourth-order valence-corrected chi connectivity index (χ4v) is 4.85. The number of nitrogens with one attached hydrogen (secondary N) is 2. The Morgan fingerprint density at radius 3 is 2.72 bits per heavy atom. The average Bonchev–Trinajstić information content (AvgIpc) is 3.06. The third kappa shape index (κ3) is 2.57. The second kappa shape index (κ2) is 5.98. The predicted molar refractivity (Wildman–Crippen MR) is 92.0 cm³/mol. The van der Waals surface area contributed by atoms with Crippen molar-refractivity contribution in [2.75, 3.05) is 13.1 Å². The molecule has 2 amide bonds. The van der Waals surface area contributed by atoms with Gasteiger partial charge in [0.2, 0.25) is 11.8 Å². The molecule has 0 aromatic carbocycles. The smallest absolute Gasteiger partial charge is 0.251 e. The van der Waals surface area contributed by atoms with E-state index in [9.17, 15) is 14.4 Å². The highest BCUT2D eigenvalue weighted by Gasteiger charge is 2.46. The van der Waals surface area contributed by atoms with Crippen LogP contribution in [0.15, 0.2) is 23.0 Å². The van der Waals surface area contributed by atoms with Crippen LogP contribution in [0.4, 0.5) is 0 Å². The first kappa shape index (κ1) is 16.3. The van der Waals surface area contributed by atoms with E-state index in [0.717, 1.165) is 31.5 Å². The second-order valence-electron chi connectivity index (χ2n) is 7.60. The quantitative estimate of drug-likeness (QED) is 0.718. The molecule has 2 bridgehead atoms. The summed E-state index contributed by atoms with van der Waals surface area (Å²) in [6.07, 6.45) is 3.76. The highest BCUT2D eigenvalue weighted by molar-refractivity contribution is 5.92. The van der Waals surface area contributed by atoms with E-state index >= 15 is 0 Å². The van der Waals surface area contributed by atoms with E-state index in [2.05, 4.69) is 10.6 Å². The number of primary amides is 1. The summed E-state index contributed by atoms with van der Waals surface area (Å²) in [4.78, 5) is 37.7. The summed E-state index contributed by atoms with van der Waals surface area (Å²) in [6, 6.07) is 4.58. The molecule has 7 nitrogen and oxygen atoms in total. The van der Waals surface area contributed by atoms with Crippen LogP contribution >= 0.6 is 0 Å². The van der Waals surface area contributed by atoms with Crippen molar-refractivity contribution in [2.24, 2.45) is 11.7 Å². The van der Waals surface area contributed by atoms with Crippen LogP contribution in [0.3, 0.4) is 0 Å². The summed E-state index contributed by atoms with van der Waals surface area (Å²) in [6.45, 7) is 1.51. The zero-order valence-corrected chi connectivity index (χ0v) is 14.2. The number of amides is 2. The Bertz CT molecular complexity index is 766. The van der Waals surface area contributed by atoms with Gasteiger partial charge in [0, 0.05) is 36.7 Å². The summed E-state index contributed by atoms with van der Waals surface area (Å²) >= 11 is 0. The van der Waals surface area contributed by atoms with Crippen molar-refractivity contribution >= 4 is 11.8 Å². The zero-order chi connectivity index (χ0) is 17.6. The van der Waals surface area contributed by atoms with Crippen LogP contribution in [0.5, 0.6) is 0 Å². The molecule has 7 heteroatoms. The average molecular weight is 344 g/mol. The lowest BCUT2D eigenvalue weighted by Crippen LogP contribution is -2.60. The number of aromatic nitrogens is 1. The number of carbonyl (C=O) groups is 2. The largest absolute Gasteiger partial charge is 0.368 e. The van der Waals surface area contributed by atoms with Gasteiger partial charge in [0.25, 0.3) is 5.56 Å².